The van der Waals surface area contributed by atoms with Crippen molar-refractivity contribution in [3.8, 4) is 0 Å². The number of thiol groups is 1. The van der Waals surface area contributed by atoms with Crippen molar-refractivity contribution in [1.29, 1.82) is 0 Å². The van der Waals surface area contributed by atoms with Crippen LogP contribution in [0.1, 0.15) is 23.4 Å². The lowest BCUT2D eigenvalue weighted by molar-refractivity contribution is 0.841. The largest absolute Gasteiger partial charge is 0.282 e. The second kappa shape index (κ2) is 2.89. The first-order chi connectivity index (χ1) is 5.42. The van der Waals surface area contributed by atoms with Crippen molar-refractivity contribution in [3.05, 3.63) is 17.0 Å². The molecule has 1 aliphatic carbocycles. The molecule has 0 atom stereocenters. The van der Waals surface area contributed by atoms with Crippen LogP contribution in [0.25, 0.3) is 0 Å². The molecule has 0 aliphatic heterocycles. The maximum atomic E-state index is 4.25. The summed E-state index contributed by atoms with van der Waals surface area (Å²) in [6.07, 6.45) is 4.71. The van der Waals surface area contributed by atoms with Gasteiger partial charge < -0.3 is 0 Å². The number of H-pyrrole nitrogens is 1. The molecule has 0 saturated carbocycles. The summed E-state index contributed by atoms with van der Waals surface area (Å²) in [4.78, 5) is 0. The highest BCUT2D eigenvalue weighted by molar-refractivity contribution is 7.80. The van der Waals surface area contributed by atoms with Gasteiger partial charge in [0.25, 0.3) is 0 Å². The molecule has 0 unspecified atom stereocenters. The topological polar surface area (TPSA) is 28.7 Å². The Morgan fingerprint density at radius 1 is 1.45 bits per heavy atom. The van der Waals surface area contributed by atoms with Crippen LogP contribution in [-0.4, -0.2) is 16.0 Å². The highest BCUT2D eigenvalue weighted by atomic mass is 32.1. The van der Waals surface area contributed by atoms with Gasteiger partial charge in [0.1, 0.15) is 0 Å². The van der Waals surface area contributed by atoms with Crippen LogP contribution in [0.5, 0.6) is 0 Å². The van der Waals surface area contributed by atoms with E-state index >= 15 is 0 Å². The van der Waals surface area contributed by atoms with Crippen molar-refractivity contribution < 1.29 is 0 Å². The Labute approximate surface area is 71.8 Å². The fraction of sp³-hybridized carbons (Fsp3) is 0.625. The second-order valence-corrected chi connectivity index (χ2v) is 3.40. The molecule has 0 saturated heterocycles. The van der Waals surface area contributed by atoms with Crippen LogP contribution < -0.4 is 0 Å². The van der Waals surface area contributed by atoms with Crippen LogP contribution in [0.4, 0.5) is 0 Å². The van der Waals surface area contributed by atoms with Crippen molar-refractivity contribution in [2.24, 2.45) is 0 Å². The standard InChI is InChI=1S/C8H12N2S/c11-5-4-8-6-2-1-3-7(6)9-10-8/h11H,1-5H2,(H,9,10). The minimum Gasteiger partial charge on any atom is -0.282 e. The van der Waals surface area contributed by atoms with Crippen molar-refractivity contribution in [2.45, 2.75) is 25.7 Å². The number of rotatable bonds is 2. The molecule has 2 rings (SSSR count). The van der Waals surface area contributed by atoms with Crippen LogP contribution >= 0.6 is 12.6 Å². The van der Waals surface area contributed by atoms with E-state index in [1.165, 1.54) is 36.2 Å². The smallest absolute Gasteiger partial charge is 0.0665 e. The maximum absolute atomic E-state index is 4.25. The van der Waals surface area contributed by atoms with Crippen molar-refractivity contribution in [1.82, 2.24) is 10.2 Å². The van der Waals surface area contributed by atoms with Crippen molar-refractivity contribution in [2.75, 3.05) is 5.75 Å². The molecule has 0 amide bonds. The zero-order valence-electron chi connectivity index (χ0n) is 6.43. The van der Waals surface area contributed by atoms with E-state index in [4.69, 9.17) is 0 Å². The first-order valence-electron chi connectivity index (χ1n) is 4.07. The third-order valence-electron chi connectivity index (χ3n) is 2.24. The molecular weight excluding hydrogens is 156 g/mol. The van der Waals surface area contributed by atoms with Crippen LogP contribution in [0.2, 0.25) is 0 Å². The molecule has 1 aliphatic rings. The normalized spacial score (nSPS) is 15.4. The number of hydrogen-bond acceptors (Lipinski definition) is 2. The number of aromatic nitrogens is 2. The van der Waals surface area contributed by atoms with Crippen molar-refractivity contribution in [3.63, 3.8) is 0 Å². The van der Waals surface area contributed by atoms with Gasteiger partial charge in [-0.15, -0.1) is 0 Å². The maximum Gasteiger partial charge on any atom is 0.0665 e. The van der Waals surface area contributed by atoms with Crippen LogP contribution in [0.3, 0.4) is 0 Å². The van der Waals surface area contributed by atoms with Gasteiger partial charge in [0.2, 0.25) is 0 Å². The van der Waals surface area contributed by atoms with Gasteiger partial charge in [-0.2, -0.15) is 17.7 Å². The number of hydrogen-bond donors (Lipinski definition) is 2. The Hall–Kier alpha value is -0.440. The Balaban J connectivity index is 2.27. The minimum atomic E-state index is 0.900. The van der Waals surface area contributed by atoms with E-state index < -0.39 is 0 Å². The first kappa shape index (κ1) is 7.22. The van der Waals surface area contributed by atoms with E-state index in [0.717, 1.165) is 12.2 Å². The summed E-state index contributed by atoms with van der Waals surface area (Å²) < 4.78 is 0. The SMILES string of the molecule is SCCc1n[nH]c2c1CCC2. The van der Waals surface area contributed by atoms with Crippen LogP contribution in [-0.2, 0) is 19.3 Å². The average molecular weight is 168 g/mol. The Kier molecular flexibility index (Phi) is 1.90. The average Bonchev–Trinajstić information content (AvgIpc) is 2.53. The van der Waals surface area contributed by atoms with Crippen LogP contribution in [0, 0.1) is 0 Å². The molecule has 0 bridgehead atoms. The number of nitrogens with zero attached hydrogens (tertiary/aromatic N) is 1. The molecule has 0 fully saturated rings. The molecule has 1 aromatic heterocycles. The zero-order chi connectivity index (χ0) is 7.68. The van der Waals surface area contributed by atoms with Gasteiger partial charge in [0.15, 0.2) is 0 Å². The summed E-state index contributed by atoms with van der Waals surface area (Å²) in [5.41, 5.74) is 4.08. The van der Waals surface area contributed by atoms with E-state index in [0.29, 0.717) is 0 Å². The molecule has 3 heteroatoms. The molecular formula is C8H12N2S. The molecule has 1 aromatic rings. The van der Waals surface area contributed by atoms with Gasteiger partial charge in [0.05, 0.1) is 5.69 Å². The predicted octanol–water partition coefficient (Wildman–Crippen LogP) is 1.37. The number of aromatic amines is 1. The van der Waals surface area contributed by atoms with Gasteiger partial charge in [-0.05, 0) is 30.6 Å². The number of nitrogens with one attached hydrogen (secondary N) is 1. The number of fused-ring (bicyclic) bond motifs is 1. The Morgan fingerprint density at radius 2 is 2.36 bits per heavy atom. The van der Waals surface area contributed by atoms with E-state index in [-0.39, 0.29) is 0 Å². The van der Waals surface area contributed by atoms with Gasteiger partial charge in [-0.1, -0.05) is 0 Å². The minimum absolute atomic E-state index is 0.900. The summed E-state index contributed by atoms with van der Waals surface area (Å²) in [5, 5.41) is 7.34. The molecule has 11 heavy (non-hydrogen) atoms. The lowest BCUT2D eigenvalue weighted by Crippen LogP contribution is -1.91. The molecule has 2 nitrogen and oxygen atoms in total. The predicted molar refractivity (Wildman–Crippen MR) is 48.2 cm³/mol. The third-order valence-corrected chi connectivity index (χ3v) is 2.46. The second-order valence-electron chi connectivity index (χ2n) is 2.95. The summed E-state index contributed by atoms with van der Waals surface area (Å²) in [6, 6.07) is 0. The fourth-order valence-corrected chi connectivity index (χ4v) is 1.91. The van der Waals surface area contributed by atoms with E-state index in [2.05, 4.69) is 22.8 Å². The molecule has 1 N–H and O–H groups in total. The molecule has 0 radical (unpaired) electrons. The van der Waals surface area contributed by atoms with E-state index in [1.807, 2.05) is 0 Å². The van der Waals surface area contributed by atoms with Gasteiger partial charge >= 0.3 is 0 Å². The lowest BCUT2D eigenvalue weighted by atomic mass is 10.2. The monoisotopic (exact) mass is 168 g/mol. The molecule has 1 heterocycles. The Bertz CT molecular complexity index is 255. The van der Waals surface area contributed by atoms with Gasteiger partial charge in [-0.25, -0.2) is 0 Å². The van der Waals surface area contributed by atoms with Gasteiger partial charge in [0, 0.05) is 12.1 Å². The summed E-state index contributed by atoms with van der Waals surface area (Å²) >= 11 is 4.19. The van der Waals surface area contributed by atoms with E-state index in [9.17, 15) is 0 Å². The first-order valence-corrected chi connectivity index (χ1v) is 4.71. The van der Waals surface area contributed by atoms with Gasteiger partial charge in [-0.3, -0.25) is 5.10 Å². The quantitative estimate of drug-likeness (QED) is 0.642. The summed E-state index contributed by atoms with van der Waals surface area (Å²) in [5.74, 6) is 0.900. The Morgan fingerprint density at radius 3 is 3.18 bits per heavy atom. The highest BCUT2D eigenvalue weighted by Gasteiger charge is 2.16. The highest BCUT2D eigenvalue weighted by Crippen LogP contribution is 2.22. The van der Waals surface area contributed by atoms with Crippen molar-refractivity contribution >= 4 is 12.6 Å². The molecule has 0 aromatic carbocycles. The van der Waals surface area contributed by atoms with E-state index in [1.54, 1.807) is 0 Å². The van der Waals surface area contributed by atoms with Crippen LogP contribution in [0.15, 0.2) is 0 Å². The molecule has 0 spiro atoms. The lowest BCUT2D eigenvalue weighted by Gasteiger charge is -1.93. The number of aryl methyl sites for hydroxylation is 2. The third kappa shape index (κ3) is 1.18. The zero-order valence-corrected chi connectivity index (χ0v) is 7.32. The fourth-order valence-electron chi connectivity index (χ4n) is 1.70. The molecule has 60 valence electrons. The summed E-state index contributed by atoms with van der Waals surface area (Å²) in [7, 11) is 0. The summed E-state index contributed by atoms with van der Waals surface area (Å²) in [6.45, 7) is 0.